The van der Waals surface area contributed by atoms with Crippen LogP contribution in [0.5, 0.6) is 0 Å². The molecule has 2 aliphatic carbocycles. The van der Waals surface area contributed by atoms with Crippen LogP contribution in [0, 0.1) is 5.92 Å². The minimum Gasteiger partial charge on any atom is -0.335 e. The molecule has 3 N–H and O–H groups in total. The lowest BCUT2D eigenvalue weighted by Gasteiger charge is -2.09. The van der Waals surface area contributed by atoms with Crippen LogP contribution in [-0.2, 0) is 4.79 Å². The summed E-state index contributed by atoms with van der Waals surface area (Å²) >= 11 is 6.21. The van der Waals surface area contributed by atoms with E-state index in [1.54, 1.807) is 24.3 Å². The summed E-state index contributed by atoms with van der Waals surface area (Å²) in [6.45, 7) is 0. The first-order valence-electron chi connectivity index (χ1n) is 8.83. The number of anilines is 2. The summed E-state index contributed by atoms with van der Waals surface area (Å²) in [4.78, 5) is 24.1. The lowest BCUT2D eigenvalue weighted by atomic mass is 10.1. The molecule has 2 unspecified atom stereocenters. The maximum atomic E-state index is 12.4. The number of amides is 3. The highest BCUT2D eigenvalue weighted by Gasteiger charge is 2.44. The van der Waals surface area contributed by atoms with Crippen molar-refractivity contribution in [3.05, 3.63) is 59.1 Å². The summed E-state index contributed by atoms with van der Waals surface area (Å²) in [5, 5.41) is 9.30. The van der Waals surface area contributed by atoms with E-state index in [9.17, 15) is 9.59 Å². The van der Waals surface area contributed by atoms with Gasteiger partial charge in [-0.05, 0) is 61.1 Å². The fourth-order valence-electron chi connectivity index (χ4n) is 3.06. The molecule has 0 radical (unpaired) electrons. The molecule has 0 aromatic heterocycles. The van der Waals surface area contributed by atoms with Crippen LogP contribution in [0.1, 0.15) is 30.7 Å². The monoisotopic (exact) mass is 369 g/mol. The Hall–Kier alpha value is -2.53. The van der Waals surface area contributed by atoms with Gasteiger partial charge >= 0.3 is 6.03 Å². The van der Waals surface area contributed by atoms with Crippen molar-refractivity contribution in [1.29, 1.82) is 0 Å². The lowest BCUT2D eigenvalue weighted by Crippen LogP contribution is -2.30. The zero-order chi connectivity index (χ0) is 18.1. The van der Waals surface area contributed by atoms with E-state index >= 15 is 0 Å². The fourth-order valence-corrected chi connectivity index (χ4v) is 3.33. The summed E-state index contributed by atoms with van der Waals surface area (Å²) in [6, 6.07) is 14.9. The first kappa shape index (κ1) is 16.9. The smallest absolute Gasteiger partial charge is 0.319 e. The van der Waals surface area contributed by atoms with Crippen LogP contribution >= 0.6 is 11.6 Å². The molecule has 0 saturated heterocycles. The van der Waals surface area contributed by atoms with E-state index in [2.05, 4.69) is 16.0 Å². The van der Waals surface area contributed by atoms with Crippen molar-refractivity contribution in [3.8, 4) is 0 Å². The molecule has 2 aromatic rings. The number of nitrogens with one attached hydrogen (secondary N) is 3. The Balaban J connectivity index is 1.31. The number of carbonyl (C=O) groups excluding carboxylic acids is 2. The summed E-state index contributed by atoms with van der Waals surface area (Å²) in [5.41, 5.74) is 2.45. The van der Waals surface area contributed by atoms with E-state index in [0.717, 1.165) is 24.8 Å². The van der Waals surface area contributed by atoms with Crippen molar-refractivity contribution >= 4 is 34.9 Å². The highest BCUT2D eigenvalue weighted by molar-refractivity contribution is 6.31. The first-order chi connectivity index (χ1) is 12.6. The largest absolute Gasteiger partial charge is 0.335 e. The van der Waals surface area contributed by atoms with E-state index < -0.39 is 0 Å². The third-order valence-electron chi connectivity index (χ3n) is 4.75. The predicted molar refractivity (Wildman–Crippen MR) is 103 cm³/mol. The molecule has 3 amide bonds. The zero-order valence-electron chi connectivity index (χ0n) is 14.2. The number of halogens is 1. The Labute approximate surface area is 157 Å². The minimum atomic E-state index is -0.190. The first-order valence-corrected chi connectivity index (χ1v) is 9.21. The molecule has 2 aromatic carbocycles. The molecule has 4 rings (SSSR count). The quantitative estimate of drug-likeness (QED) is 0.732. The van der Waals surface area contributed by atoms with Crippen LogP contribution in [0.15, 0.2) is 48.5 Å². The average Bonchev–Trinajstić information content (AvgIpc) is 3.52. The predicted octanol–water partition coefficient (Wildman–Crippen LogP) is 4.37. The van der Waals surface area contributed by atoms with Crippen molar-refractivity contribution in [2.75, 3.05) is 10.6 Å². The number of hydrogen-bond donors (Lipinski definition) is 3. The Kier molecular flexibility index (Phi) is 4.55. The normalized spacial score (nSPS) is 21.0. The SMILES string of the molecule is O=C(Nc1ccc(NC(=O)C2CC2c2ccccc2Cl)cc1)NC1CC1. The van der Waals surface area contributed by atoms with Crippen LogP contribution in [0.2, 0.25) is 5.02 Å². The summed E-state index contributed by atoms with van der Waals surface area (Å²) in [7, 11) is 0. The highest BCUT2D eigenvalue weighted by atomic mass is 35.5. The average molecular weight is 370 g/mol. The van der Waals surface area contributed by atoms with Crippen LogP contribution in [0.4, 0.5) is 16.2 Å². The van der Waals surface area contributed by atoms with E-state index in [-0.39, 0.29) is 23.8 Å². The number of urea groups is 1. The van der Waals surface area contributed by atoms with E-state index in [0.29, 0.717) is 22.4 Å². The summed E-state index contributed by atoms with van der Waals surface area (Å²) in [5.74, 6) is 0.148. The van der Waals surface area contributed by atoms with Gasteiger partial charge in [-0.2, -0.15) is 0 Å². The van der Waals surface area contributed by atoms with Gasteiger partial charge in [-0.15, -0.1) is 0 Å². The molecule has 2 atom stereocenters. The Bertz CT molecular complexity index is 833. The van der Waals surface area contributed by atoms with Gasteiger partial charge in [0, 0.05) is 28.4 Å². The number of benzene rings is 2. The van der Waals surface area contributed by atoms with E-state index in [4.69, 9.17) is 11.6 Å². The van der Waals surface area contributed by atoms with Crippen LogP contribution < -0.4 is 16.0 Å². The highest BCUT2D eigenvalue weighted by Crippen LogP contribution is 2.50. The Morgan fingerprint density at radius 2 is 1.58 bits per heavy atom. The molecule has 0 bridgehead atoms. The number of carbonyl (C=O) groups is 2. The lowest BCUT2D eigenvalue weighted by molar-refractivity contribution is -0.117. The van der Waals surface area contributed by atoms with E-state index in [1.807, 2.05) is 24.3 Å². The van der Waals surface area contributed by atoms with Gasteiger partial charge in [0.25, 0.3) is 0 Å². The van der Waals surface area contributed by atoms with Crippen LogP contribution in [-0.4, -0.2) is 18.0 Å². The second-order valence-corrected chi connectivity index (χ2v) is 7.32. The summed E-state index contributed by atoms with van der Waals surface area (Å²) < 4.78 is 0. The van der Waals surface area contributed by atoms with E-state index in [1.165, 1.54) is 0 Å². The Morgan fingerprint density at radius 3 is 2.23 bits per heavy atom. The molecule has 0 spiro atoms. The molecule has 5 nitrogen and oxygen atoms in total. The molecule has 134 valence electrons. The minimum absolute atomic E-state index is 0.00195. The van der Waals surface area contributed by atoms with Gasteiger partial charge in [0.05, 0.1) is 0 Å². The maximum Gasteiger partial charge on any atom is 0.319 e. The van der Waals surface area contributed by atoms with Crippen molar-refractivity contribution in [3.63, 3.8) is 0 Å². The number of rotatable bonds is 5. The molecule has 6 heteroatoms. The molecule has 26 heavy (non-hydrogen) atoms. The fraction of sp³-hybridized carbons (Fsp3) is 0.300. The third-order valence-corrected chi connectivity index (χ3v) is 5.10. The maximum absolute atomic E-state index is 12.4. The molecule has 0 heterocycles. The van der Waals surface area contributed by atoms with Gasteiger partial charge in [0.15, 0.2) is 0 Å². The van der Waals surface area contributed by atoms with Gasteiger partial charge in [-0.1, -0.05) is 29.8 Å². The molecule has 2 aliphatic rings. The van der Waals surface area contributed by atoms with Crippen LogP contribution in [0.25, 0.3) is 0 Å². The molecule has 2 saturated carbocycles. The Morgan fingerprint density at radius 1 is 0.923 bits per heavy atom. The zero-order valence-corrected chi connectivity index (χ0v) is 14.9. The van der Waals surface area contributed by atoms with Gasteiger partial charge in [-0.25, -0.2) is 4.79 Å². The molecule has 2 fully saturated rings. The van der Waals surface area contributed by atoms with Crippen molar-refractivity contribution < 1.29 is 9.59 Å². The third kappa shape index (κ3) is 3.99. The van der Waals surface area contributed by atoms with Gasteiger partial charge < -0.3 is 16.0 Å². The topological polar surface area (TPSA) is 70.2 Å². The molecule has 0 aliphatic heterocycles. The van der Waals surface area contributed by atoms with Crippen molar-refractivity contribution in [2.24, 2.45) is 5.92 Å². The van der Waals surface area contributed by atoms with Gasteiger partial charge in [0.1, 0.15) is 0 Å². The summed E-state index contributed by atoms with van der Waals surface area (Å²) in [6.07, 6.45) is 2.92. The van der Waals surface area contributed by atoms with Gasteiger partial charge in [-0.3, -0.25) is 4.79 Å². The van der Waals surface area contributed by atoms with Crippen molar-refractivity contribution in [1.82, 2.24) is 5.32 Å². The standard InChI is InChI=1S/C20H20ClN3O2/c21-18-4-2-1-3-15(18)16-11-17(16)19(25)22-12-5-7-13(8-6-12)23-20(26)24-14-9-10-14/h1-8,14,16-17H,9-11H2,(H,22,25)(H2,23,24,26). The second kappa shape index (κ2) is 7.00. The second-order valence-electron chi connectivity index (χ2n) is 6.91. The van der Waals surface area contributed by atoms with Crippen molar-refractivity contribution in [2.45, 2.75) is 31.2 Å². The molecular weight excluding hydrogens is 350 g/mol. The van der Waals surface area contributed by atoms with Crippen LogP contribution in [0.3, 0.4) is 0 Å². The molecular formula is C20H20ClN3O2. The number of hydrogen-bond acceptors (Lipinski definition) is 2. The van der Waals surface area contributed by atoms with Gasteiger partial charge in [0.2, 0.25) is 5.91 Å².